The molecule has 1 nitrogen and oxygen atoms in total. The molecule has 1 saturated carbocycles. The number of carbonyl (C=O) groups excluding carboxylic acids is 1. The van der Waals surface area contributed by atoms with Crippen molar-refractivity contribution in [1.82, 2.24) is 0 Å². The van der Waals surface area contributed by atoms with Crippen molar-refractivity contribution in [1.29, 1.82) is 0 Å². The van der Waals surface area contributed by atoms with Gasteiger partial charge in [0.1, 0.15) is 4.87 Å². The molecular weight excluding hydrogens is 219 g/mol. The second-order valence-corrected chi connectivity index (χ2v) is 4.79. The van der Waals surface area contributed by atoms with E-state index in [2.05, 4.69) is 0 Å². The van der Waals surface area contributed by atoms with E-state index in [1.165, 1.54) is 0 Å². The monoisotopic (exact) mass is 228 g/mol. The molecule has 1 aromatic rings. The van der Waals surface area contributed by atoms with Crippen molar-refractivity contribution in [2.24, 2.45) is 0 Å². The Kier molecular flexibility index (Phi) is 2.54. The van der Waals surface area contributed by atoms with Gasteiger partial charge in [-0.1, -0.05) is 29.8 Å². The zero-order valence-electron chi connectivity index (χ0n) is 7.59. The summed E-state index contributed by atoms with van der Waals surface area (Å²) in [4.78, 5) is 11.1. The van der Waals surface area contributed by atoms with Gasteiger partial charge in [-0.05, 0) is 24.5 Å². The van der Waals surface area contributed by atoms with Crippen LogP contribution in [-0.4, -0.2) is 10.7 Å². The number of rotatable bonds is 3. The highest BCUT2D eigenvalue weighted by Crippen LogP contribution is 2.44. The molecule has 1 aromatic carbocycles. The van der Waals surface area contributed by atoms with E-state index >= 15 is 0 Å². The van der Waals surface area contributed by atoms with E-state index in [4.69, 9.17) is 23.2 Å². The van der Waals surface area contributed by atoms with Gasteiger partial charge >= 0.3 is 0 Å². The number of carbonyl (C=O) groups is 1. The SMILES string of the molecule is O=C(Cc1ccccc1Cl)C1(Cl)CC1. The number of ketones is 1. The molecule has 0 amide bonds. The highest BCUT2D eigenvalue weighted by atomic mass is 35.5. The zero-order chi connectivity index (χ0) is 10.2. The molecule has 1 aliphatic rings. The van der Waals surface area contributed by atoms with Crippen molar-refractivity contribution in [2.45, 2.75) is 24.1 Å². The molecule has 0 heterocycles. The summed E-state index contributed by atoms with van der Waals surface area (Å²) in [5, 5.41) is 0.641. The summed E-state index contributed by atoms with van der Waals surface area (Å²) in [6.07, 6.45) is 1.96. The molecule has 74 valence electrons. The van der Waals surface area contributed by atoms with Crippen LogP contribution in [0.4, 0.5) is 0 Å². The Bertz CT molecular complexity index is 369. The number of benzene rings is 1. The van der Waals surface area contributed by atoms with Crippen molar-refractivity contribution < 1.29 is 4.79 Å². The van der Waals surface area contributed by atoms with Gasteiger partial charge in [0, 0.05) is 11.4 Å². The summed E-state index contributed by atoms with van der Waals surface area (Å²) in [6.45, 7) is 0. The van der Waals surface area contributed by atoms with Gasteiger partial charge in [0.2, 0.25) is 0 Å². The topological polar surface area (TPSA) is 17.1 Å². The molecule has 0 aromatic heterocycles. The third kappa shape index (κ3) is 1.94. The van der Waals surface area contributed by atoms with E-state index in [0.717, 1.165) is 18.4 Å². The molecule has 0 radical (unpaired) electrons. The van der Waals surface area contributed by atoms with Gasteiger partial charge in [-0.25, -0.2) is 0 Å². The van der Waals surface area contributed by atoms with Gasteiger partial charge in [-0.3, -0.25) is 4.79 Å². The normalized spacial score (nSPS) is 17.9. The summed E-state index contributed by atoms with van der Waals surface area (Å²) in [5.74, 6) is 0.0901. The molecule has 0 unspecified atom stereocenters. The van der Waals surface area contributed by atoms with Gasteiger partial charge in [0.05, 0.1) is 0 Å². The van der Waals surface area contributed by atoms with Crippen LogP contribution in [0, 0.1) is 0 Å². The summed E-state index contributed by atoms with van der Waals surface area (Å²) < 4.78 is 0. The lowest BCUT2D eigenvalue weighted by Gasteiger charge is -2.06. The van der Waals surface area contributed by atoms with Crippen LogP contribution < -0.4 is 0 Å². The van der Waals surface area contributed by atoms with Crippen LogP contribution in [0.2, 0.25) is 5.02 Å². The first-order valence-electron chi connectivity index (χ1n) is 4.57. The second kappa shape index (κ2) is 3.56. The zero-order valence-corrected chi connectivity index (χ0v) is 9.11. The van der Waals surface area contributed by atoms with E-state index in [1.807, 2.05) is 18.2 Å². The summed E-state index contributed by atoms with van der Waals surface area (Å²) in [7, 11) is 0. The van der Waals surface area contributed by atoms with Crippen molar-refractivity contribution in [3.63, 3.8) is 0 Å². The minimum Gasteiger partial charge on any atom is -0.297 e. The number of Topliss-reactive ketones (excluding diaryl/α,β-unsaturated/α-hetero) is 1. The largest absolute Gasteiger partial charge is 0.297 e. The molecule has 0 aliphatic heterocycles. The molecule has 2 rings (SSSR count). The van der Waals surface area contributed by atoms with Crippen LogP contribution in [0.3, 0.4) is 0 Å². The third-order valence-corrected chi connectivity index (χ3v) is 3.46. The van der Waals surface area contributed by atoms with Crippen LogP contribution in [0.5, 0.6) is 0 Å². The molecule has 0 spiro atoms. The van der Waals surface area contributed by atoms with E-state index in [-0.39, 0.29) is 5.78 Å². The maximum absolute atomic E-state index is 11.7. The fourth-order valence-corrected chi connectivity index (χ4v) is 1.73. The molecule has 0 bridgehead atoms. The molecular formula is C11H10Cl2O. The highest BCUT2D eigenvalue weighted by Gasteiger charge is 2.47. The number of hydrogen-bond acceptors (Lipinski definition) is 1. The van der Waals surface area contributed by atoms with Crippen LogP contribution >= 0.6 is 23.2 Å². The molecule has 14 heavy (non-hydrogen) atoms. The Hall–Kier alpha value is -0.530. The van der Waals surface area contributed by atoms with Gasteiger partial charge in [0.25, 0.3) is 0 Å². The summed E-state index contributed by atoms with van der Waals surface area (Å²) in [6, 6.07) is 7.38. The minimum absolute atomic E-state index is 0.0901. The minimum atomic E-state index is -0.570. The maximum Gasteiger partial charge on any atom is 0.158 e. The second-order valence-electron chi connectivity index (χ2n) is 3.66. The standard InChI is InChI=1S/C11H10Cl2O/c12-9-4-2-1-3-8(9)7-10(14)11(13)5-6-11/h1-4H,5-7H2. The Morgan fingerprint density at radius 1 is 1.36 bits per heavy atom. The van der Waals surface area contributed by atoms with E-state index in [1.54, 1.807) is 6.07 Å². The summed E-state index contributed by atoms with van der Waals surface area (Å²) in [5.41, 5.74) is 0.867. The smallest absolute Gasteiger partial charge is 0.158 e. The van der Waals surface area contributed by atoms with Crippen LogP contribution in [-0.2, 0) is 11.2 Å². The van der Waals surface area contributed by atoms with Crippen molar-refractivity contribution in [3.8, 4) is 0 Å². The van der Waals surface area contributed by atoms with E-state index in [0.29, 0.717) is 11.4 Å². The van der Waals surface area contributed by atoms with Crippen molar-refractivity contribution in [2.75, 3.05) is 0 Å². The first kappa shape index (κ1) is 10.0. The van der Waals surface area contributed by atoms with E-state index in [9.17, 15) is 4.79 Å². The lowest BCUT2D eigenvalue weighted by atomic mass is 10.1. The van der Waals surface area contributed by atoms with Crippen molar-refractivity contribution >= 4 is 29.0 Å². The van der Waals surface area contributed by atoms with Crippen LogP contribution in [0.1, 0.15) is 18.4 Å². The Morgan fingerprint density at radius 3 is 2.57 bits per heavy atom. The third-order valence-electron chi connectivity index (χ3n) is 2.50. The molecule has 1 fully saturated rings. The Labute approximate surface area is 93.0 Å². The molecule has 0 N–H and O–H groups in total. The average molecular weight is 229 g/mol. The van der Waals surface area contributed by atoms with Crippen LogP contribution in [0.25, 0.3) is 0 Å². The number of alkyl halides is 1. The fraction of sp³-hybridized carbons (Fsp3) is 0.364. The summed E-state index contributed by atoms with van der Waals surface area (Å²) >= 11 is 11.9. The van der Waals surface area contributed by atoms with E-state index < -0.39 is 4.87 Å². The van der Waals surface area contributed by atoms with Gasteiger partial charge < -0.3 is 0 Å². The first-order chi connectivity index (χ1) is 6.62. The molecule has 0 atom stereocenters. The van der Waals surface area contributed by atoms with Gasteiger partial charge in [0.15, 0.2) is 5.78 Å². The average Bonchev–Trinajstić information content (AvgIpc) is 2.89. The molecule has 0 saturated heterocycles. The van der Waals surface area contributed by atoms with Gasteiger partial charge in [-0.2, -0.15) is 0 Å². The van der Waals surface area contributed by atoms with Crippen LogP contribution in [0.15, 0.2) is 24.3 Å². The number of hydrogen-bond donors (Lipinski definition) is 0. The van der Waals surface area contributed by atoms with Crippen molar-refractivity contribution in [3.05, 3.63) is 34.9 Å². The first-order valence-corrected chi connectivity index (χ1v) is 5.33. The fourth-order valence-electron chi connectivity index (χ4n) is 1.36. The number of halogens is 2. The Morgan fingerprint density at radius 2 is 2.00 bits per heavy atom. The predicted octanol–water partition coefficient (Wildman–Crippen LogP) is 3.22. The quantitative estimate of drug-likeness (QED) is 0.727. The van der Waals surface area contributed by atoms with Gasteiger partial charge in [-0.15, -0.1) is 11.6 Å². The predicted molar refractivity (Wildman–Crippen MR) is 58.0 cm³/mol. The lowest BCUT2D eigenvalue weighted by Crippen LogP contribution is -2.18. The highest BCUT2D eigenvalue weighted by molar-refractivity contribution is 6.38. The Balaban J connectivity index is 2.11. The lowest BCUT2D eigenvalue weighted by molar-refractivity contribution is -0.118. The maximum atomic E-state index is 11.7. The molecule has 3 heteroatoms. The molecule has 1 aliphatic carbocycles.